The average molecular weight is 333 g/mol. The third-order valence-electron chi connectivity index (χ3n) is 3.25. The Bertz CT molecular complexity index is 709. The highest BCUT2D eigenvalue weighted by Crippen LogP contribution is 2.26. The van der Waals surface area contributed by atoms with Crippen molar-refractivity contribution in [1.29, 1.82) is 0 Å². The van der Waals surface area contributed by atoms with Crippen molar-refractivity contribution in [1.82, 2.24) is 5.32 Å². The molecule has 0 saturated carbocycles. The van der Waals surface area contributed by atoms with Crippen LogP contribution in [0.4, 0.5) is 0 Å². The maximum absolute atomic E-state index is 12.1. The number of furan rings is 1. The molecule has 2 N–H and O–H groups in total. The van der Waals surface area contributed by atoms with E-state index in [2.05, 4.69) is 5.32 Å². The smallest absolute Gasteiger partial charge is 0.311 e. The molecule has 0 bridgehead atoms. The second-order valence-corrected chi connectivity index (χ2v) is 5.12. The average Bonchev–Trinajstić information content (AvgIpc) is 3.00. The van der Waals surface area contributed by atoms with E-state index in [-0.39, 0.29) is 30.4 Å². The summed E-state index contributed by atoms with van der Waals surface area (Å²) in [7, 11) is 1.55. The molecule has 1 aromatic heterocycles. The third-order valence-corrected chi connectivity index (χ3v) is 3.25. The molecule has 0 spiro atoms. The molecule has 0 aliphatic heterocycles. The predicted octanol–water partition coefficient (Wildman–Crippen LogP) is 2.11. The zero-order chi connectivity index (χ0) is 17.5. The van der Waals surface area contributed by atoms with Gasteiger partial charge in [-0.1, -0.05) is 12.1 Å². The molecule has 0 aliphatic carbocycles. The van der Waals surface area contributed by atoms with Gasteiger partial charge in [-0.25, -0.2) is 0 Å². The number of carbonyl (C=O) groups is 2. The van der Waals surface area contributed by atoms with Crippen LogP contribution < -0.4 is 14.8 Å². The number of aliphatic carboxylic acids is 1. The van der Waals surface area contributed by atoms with Crippen LogP contribution in [0.2, 0.25) is 0 Å². The van der Waals surface area contributed by atoms with Crippen LogP contribution >= 0.6 is 0 Å². The molecule has 24 heavy (non-hydrogen) atoms. The summed E-state index contributed by atoms with van der Waals surface area (Å²) < 4.78 is 16.0. The number of amides is 1. The molecule has 0 aliphatic rings. The minimum absolute atomic E-state index is 0.123. The van der Waals surface area contributed by atoms with Crippen molar-refractivity contribution >= 4 is 11.9 Å². The molecule has 1 aromatic carbocycles. The van der Waals surface area contributed by atoms with Crippen LogP contribution in [0.15, 0.2) is 41.0 Å². The first-order valence-electron chi connectivity index (χ1n) is 7.37. The molecule has 1 atom stereocenters. The summed E-state index contributed by atoms with van der Waals surface area (Å²) in [6.45, 7) is 2.05. The topological polar surface area (TPSA) is 98.0 Å². The normalized spacial score (nSPS) is 11.6. The lowest BCUT2D eigenvalue weighted by Gasteiger charge is -2.17. The highest BCUT2D eigenvalue weighted by atomic mass is 16.5. The summed E-state index contributed by atoms with van der Waals surface area (Å²) in [6.07, 6.45) is 0.644. The van der Waals surface area contributed by atoms with Crippen molar-refractivity contribution in [2.45, 2.75) is 19.4 Å². The van der Waals surface area contributed by atoms with Gasteiger partial charge in [-0.15, -0.1) is 0 Å². The molecular weight excluding hydrogens is 314 g/mol. The molecule has 7 heteroatoms. The number of carbonyl (C=O) groups excluding carboxylic acids is 1. The molecule has 1 heterocycles. The van der Waals surface area contributed by atoms with Gasteiger partial charge in [-0.05, 0) is 25.1 Å². The molecule has 0 radical (unpaired) electrons. The van der Waals surface area contributed by atoms with Crippen molar-refractivity contribution in [3.63, 3.8) is 0 Å². The van der Waals surface area contributed by atoms with Gasteiger partial charge in [0.15, 0.2) is 11.5 Å². The summed E-state index contributed by atoms with van der Waals surface area (Å²) in [4.78, 5) is 22.9. The Morgan fingerprint density at radius 3 is 2.62 bits per heavy atom. The molecular formula is C17H19NO6. The highest BCUT2D eigenvalue weighted by Gasteiger charge is 2.18. The number of carboxylic acids is 1. The number of hydrogen-bond donors (Lipinski definition) is 2. The summed E-state index contributed by atoms with van der Waals surface area (Å²) in [5.74, 6) is -0.161. The fourth-order valence-electron chi connectivity index (χ4n) is 2.12. The van der Waals surface area contributed by atoms with Gasteiger partial charge in [-0.3, -0.25) is 9.59 Å². The van der Waals surface area contributed by atoms with E-state index >= 15 is 0 Å². The summed E-state index contributed by atoms with van der Waals surface area (Å²) in [5, 5.41) is 11.5. The molecule has 7 nitrogen and oxygen atoms in total. The van der Waals surface area contributed by atoms with Crippen molar-refractivity contribution in [3.05, 3.63) is 47.9 Å². The minimum Gasteiger partial charge on any atom is -0.493 e. The maximum Gasteiger partial charge on any atom is 0.311 e. The van der Waals surface area contributed by atoms with Gasteiger partial charge in [0.25, 0.3) is 5.91 Å². The van der Waals surface area contributed by atoms with Gasteiger partial charge in [0, 0.05) is 0 Å². The zero-order valence-corrected chi connectivity index (χ0v) is 13.4. The number of nitrogens with one attached hydrogen (secondary N) is 1. The van der Waals surface area contributed by atoms with E-state index < -0.39 is 11.9 Å². The van der Waals surface area contributed by atoms with Crippen LogP contribution in [-0.2, 0) is 11.2 Å². The van der Waals surface area contributed by atoms with Crippen molar-refractivity contribution in [2.24, 2.45) is 0 Å². The van der Waals surface area contributed by atoms with E-state index in [0.717, 1.165) is 0 Å². The van der Waals surface area contributed by atoms with E-state index in [4.69, 9.17) is 19.0 Å². The van der Waals surface area contributed by atoms with Crippen molar-refractivity contribution in [2.75, 3.05) is 13.7 Å². The second-order valence-electron chi connectivity index (χ2n) is 5.12. The molecule has 2 rings (SSSR count). The van der Waals surface area contributed by atoms with Gasteiger partial charge in [0.1, 0.15) is 18.3 Å². The van der Waals surface area contributed by atoms with E-state index in [1.807, 2.05) is 12.1 Å². The minimum atomic E-state index is -1.06. The van der Waals surface area contributed by atoms with Crippen LogP contribution in [0.25, 0.3) is 0 Å². The number of carboxylic acid groups (broad SMARTS) is 1. The fraction of sp³-hybridized carbons (Fsp3) is 0.294. The first kappa shape index (κ1) is 17.4. The standard InChI is InChI=1S/C17H19NO6/c1-11(24-14-6-4-3-5-13(14)22-2)10-18-17(21)12-7-8-23-15(12)9-16(19)20/h3-8,11H,9-10H2,1-2H3,(H,18,21)(H,19,20)/t11-/m0/s1. The quantitative estimate of drug-likeness (QED) is 0.768. The van der Waals surface area contributed by atoms with Gasteiger partial charge < -0.3 is 24.3 Å². The SMILES string of the molecule is COc1ccccc1O[C@@H](C)CNC(=O)c1ccoc1CC(=O)O. The number of hydrogen-bond acceptors (Lipinski definition) is 5. The van der Waals surface area contributed by atoms with Gasteiger partial charge >= 0.3 is 5.97 Å². The van der Waals surface area contributed by atoms with E-state index in [1.165, 1.54) is 12.3 Å². The molecule has 128 valence electrons. The lowest BCUT2D eigenvalue weighted by molar-refractivity contribution is -0.136. The Kier molecular flexibility index (Phi) is 5.83. The Morgan fingerprint density at radius 1 is 1.25 bits per heavy atom. The Hall–Kier alpha value is -2.96. The maximum atomic E-state index is 12.1. The Labute approximate surface area is 139 Å². The van der Waals surface area contributed by atoms with Crippen molar-refractivity contribution in [3.8, 4) is 11.5 Å². The van der Waals surface area contributed by atoms with Crippen LogP contribution in [0.3, 0.4) is 0 Å². The molecule has 0 saturated heterocycles. The fourth-order valence-corrected chi connectivity index (χ4v) is 2.12. The molecule has 1 amide bonds. The van der Waals surface area contributed by atoms with Crippen LogP contribution in [0.1, 0.15) is 23.0 Å². The van der Waals surface area contributed by atoms with Crippen molar-refractivity contribution < 1.29 is 28.6 Å². The first-order chi connectivity index (χ1) is 11.5. The van der Waals surface area contributed by atoms with Gasteiger partial charge in [-0.2, -0.15) is 0 Å². The van der Waals surface area contributed by atoms with Crippen LogP contribution in [0.5, 0.6) is 11.5 Å². The summed E-state index contributed by atoms with van der Waals surface area (Å²) >= 11 is 0. The molecule has 2 aromatic rings. The van der Waals surface area contributed by atoms with E-state index in [0.29, 0.717) is 11.5 Å². The monoisotopic (exact) mass is 333 g/mol. The number of rotatable bonds is 8. The Balaban J connectivity index is 1.92. The van der Waals surface area contributed by atoms with Crippen LogP contribution in [-0.4, -0.2) is 36.7 Å². The first-order valence-corrected chi connectivity index (χ1v) is 7.37. The zero-order valence-electron chi connectivity index (χ0n) is 13.4. The van der Waals surface area contributed by atoms with E-state index in [9.17, 15) is 9.59 Å². The predicted molar refractivity (Wildman–Crippen MR) is 85.5 cm³/mol. The van der Waals surface area contributed by atoms with E-state index in [1.54, 1.807) is 26.2 Å². The van der Waals surface area contributed by atoms with Crippen LogP contribution in [0, 0.1) is 0 Å². The Morgan fingerprint density at radius 2 is 1.96 bits per heavy atom. The van der Waals surface area contributed by atoms with Gasteiger partial charge in [0.05, 0.1) is 25.5 Å². The number of methoxy groups -OCH3 is 1. The number of para-hydroxylation sites is 2. The lowest BCUT2D eigenvalue weighted by atomic mass is 10.2. The number of ether oxygens (including phenoxy) is 2. The second kappa shape index (κ2) is 8.05. The van der Waals surface area contributed by atoms with Gasteiger partial charge in [0.2, 0.25) is 0 Å². The largest absolute Gasteiger partial charge is 0.493 e. The third kappa shape index (κ3) is 4.52. The molecule has 0 unspecified atom stereocenters. The molecule has 0 fully saturated rings. The summed E-state index contributed by atoms with van der Waals surface area (Å²) in [5.41, 5.74) is 0.210. The summed E-state index contributed by atoms with van der Waals surface area (Å²) in [6, 6.07) is 8.66. The number of benzene rings is 1. The highest BCUT2D eigenvalue weighted by molar-refractivity contribution is 5.96. The lowest BCUT2D eigenvalue weighted by Crippen LogP contribution is -2.34.